The van der Waals surface area contributed by atoms with E-state index in [0.29, 0.717) is 11.5 Å². The van der Waals surface area contributed by atoms with Gasteiger partial charge >= 0.3 is 0 Å². The second kappa shape index (κ2) is 9.58. The molecule has 7 nitrogen and oxygen atoms in total. The van der Waals surface area contributed by atoms with Crippen molar-refractivity contribution in [1.82, 2.24) is 4.98 Å². The van der Waals surface area contributed by atoms with Gasteiger partial charge in [-0.25, -0.2) is 13.4 Å². The van der Waals surface area contributed by atoms with Gasteiger partial charge in [-0.15, -0.1) is 0 Å². The predicted molar refractivity (Wildman–Crippen MR) is 126 cm³/mol. The van der Waals surface area contributed by atoms with Crippen molar-refractivity contribution in [2.45, 2.75) is 30.7 Å². The number of rotatable bonds is 7. The number of nitrogens with zero attached hydrogens (tertiary/aromatic N) is 1. The smallest absolute Gasteiger partial charge is 0.175 e. The zero-order valence-corrected chi connectivity index (χ0v) is 19.0. The van der Waals surface area contributed by atoms with Crippen LogP contribution in [-0.2, 0) is 14.6 Å². The van der Waals surface area contributed by atoms with Crippen LogP contribution in [0.25, 0.3) is 0 Å². The van der Waals surface area contributed by atoms with Crippen LogP contribution in [0, 0.1) is 6.92 Å². The Bertz CT molecular complexity index is 1160. The molecular formula is C24H27N3O4S. The quantitative estimate of drug-likeness (QED) is 0.525. The highest BCUT2D eigenvalue weighted by atomic mass is 32.2. The zero-order valence-electron chi connectivity index (χ0n) is 18.2. The van der Waals surface area contributed by atoms with Crippen LogP contribution in [0.1, 0.15) is 18.4 Å². The van der Waals surface area contributed by atoms with Gasteiger partial charge in [0.1, 0.15) is 11.6 Å². The van der Waals surface area contributed by atoms with Crippen LogP contribution in [0.3, 0.4) is 0 Å². The van der Waals surface area contributed by atoms with Gasteiger partial charge in [-0.3, -0.25) is 0 Å². The first-order chi connectivity index (χ1) is 15.4. The third-order valence-corrected chi connectivity index (χ3v) is 6.35. The van der Waals surface area contributed by atoms with Gasteiger partial charge in [0.2, 0.25) is 0 Å². The van der Waals surface area contributed by atoms with E-state index in [2.05, 4.69) is 15.6 Å². The summed E-state index contributed by atoms with van der Waals surface area (Å²) in [5.74, 6) is 1.98. The molecule has 4 rings (SSSR count). The standard InChI is InChI=1S/C24H27N3O4S/c1-17-3-10-24(25-16-17)27-19-4-9-23(22(15-19)26-18-11-13-30-14-12-18)31-20-5-7-21(8-6-20)32(2,28)29/h3-10,15-16,18,26H,11-14H2,1-2H3,(H,25,27). The summed E-state index contributed by atoms with van der Waals surface area (Å²) in [6.45, 7) is 3.46. The molecule has 2 N–H and O–H groups in total. The van der Waals surface area contributed by atoms with Crippen LogP contribution in [-0.4, -0.2) is 38.9 Å². The zero-order chi connectivity index (χ0) is 22.6. The molecule has 168 valence electrons. The molecule has 0 spiro atoms. The van der Waals surface area contributed by atoms with Crippen molar-refractivity contribution in [3.8, 4) is 11.5 Å². The molecule has 8 heteroatoms. The van der Waals surface area contributed by atoms with Crippen molar-refractivity contribution in [2.24, 2.45) is 0 Å². The number of aryl methyl sites for hydroxylation is 1. The van der Waals surface area contributed by atoms with E-state index in [-0.39, 0.29) is 10.9 Å². The maximum atomic E-state index is 11.7. The van der Waals surface area contributed by atoms with Crippen LogP contribution >= 0.6 is 0 Å². The summed E-state index contributed by atoms with van der Waals surface area (Å²) in [6.07, 6.45) is 4.84. The van der Waals surface area contributed by atoms with Crippen molar-refractivity contribution < 1.29 is 17.9 Å². The average Bonchev–Trinajstić information content (AvgIpc) is 2.78. The third kappa shape index (κ3) is 5.77. The fourth-order valence-corrected chi connectivity index (χ4v) is 4.07. The molecule has 0 unspecified atom stereocenters. The molecular weight excluding hydrogens is 426 g/mol. The number of ether oxygens (including phenoxy) is 2. The predicted octanol–water partition coefficient (Wildman–Crippen LogP) is 4.92. The van der Waals surface area contributed by atoms with Gasteiger partial charge in [-0.05, 0) is 73.9 Å². The van der Waals surface area contributed by atoms with Gasteiger partial charge in [0, 0.05) is 37.4 Å². The lowest BCUT2D eigenvalue weighted by atomic mass is 10.1. The summed E-state index contributed by atoms with van der Waals surface area (Å²) >= 11 is 0. The van der Waals surface area contributed by atoms with E-state index in [4.69, 9.17) is 9.47 Å². The second-order valence-electron chi connectivity index (χ2n) is 7.93. The Morgan fingerprint density at radius 3 is 2.44 bits per heavy atom. The number of sulfone groups is 1. The molecule has 0 bridgehead atoms. The lowest BCUT2D eigenvalue weighted by molar-refractivity contribution is 0.0904. The van der Waals surface area contributed by atoms with E-state index < -0.39 is 9.84 Å². The Hall–Kier alpha value is -3.10. The van der Waals surface area contributed by atoms with Gasteiger partial charge in [-0.2, -0.15) is 0 Å². The number of hydrogen-bond donors (Lipinski definition) is 2. The SMILES string of the molecule is Cc1ccc(Nc2ccc(Oc3ccc(S(C)(=O)=O)cc3)c(NC3CCOCC3)c2)nc1. The topological polar surface area (TPSA) is 89.5 Å². The van der Waals surface area contributed by atoms with Gasteiger partial charge in [-0.1, -0.05) is 6.07 Å². The second-order valence-corrected chi connectivity index (χ2v) is 9.95. The van der Waals surface area contributed by atoms with Crippen molar-refractivity contribution in [3.05, 3.63) is 66.4 Å². The van der Waals surface area contributed by atoms with Crippen molar-refractivity contribution in [3.63, 3.8) is 0 Å². The van der Waals surface area contributed by atoms with Crippen LogP contribution in [0.5, 0.6) is 11.5 Å². The summed E-state index contributed by atoms with van der Waals surface area (Å²) in [7, 11) is -3.25. The minimum Gasteiger partial charge on any atom is -0.455 e. The molecule has 0 atom stereocenters. The number of pyridine rings is 1. The highest BCUT2D eigenvalue weighted by Gasteiger charge is 2.17. The van der Waals surface area contributed by atoms with Crippen LogP contribution in [0.2, 0.25) is 0 Å². The number of nitrogens with one attached hydrogen (secondary N) is 2. The van der Waals surface area contributed by atoms with Crippen molar-refractivity contribution >= 4 is 27.0 Å². The summed E-state index contributed by atoms with van der Waals surface area (Å²) < 4.78 is 35.0. The Kier molecular flexibility index (Phi) is 6.62. The molecule has 0 saturated carbocycles. The summed E-state index contributed by atoms with van der Waals surface area (Å²) in [5, 5.41) is 6.91. The molecule has 0 aliphatic carbocycles. The lowest BCUT2D eigenvalue weighted by Crippen LogP contribution is -2.28. The van der Waals surface area contributed by atoms with Crippen LogP contribution in [0.4, 0.5) is 17.2 Å². The summed E-state index contributed by atoms with van der Waals surface area (Å²) in [6, 6.07) is 16.5. The molecule has 1 aliphatic rings. The fraction of sp³-hybridized carbons (Fsp3) is 0.292. The molecule has 1 saturated heterocycles. The molecule has 1 aromatic heterocycles. The van der Waals surface area contributed by atoms with E-state index >= 15 is 0 Å². The van der Waals surface area contributed by atoms with Crippen LogP contribution in [0.15, 0.2) is 65.7 Å². The number of benzene rings is 2. The van der Waals surface area contributed by atoms with E-state index in [1.807, 2.05) is 43.5 Å². The Labute approximate surface area is 188 Å². The first-order valence-electron chi connectivity index (χ1n) is 10.5. The number of aromatic nitrogens is 1. The van der Waals surface area contributed by atoms with E-state index in [9.17, 15) is 8.42 Å². The van der Waals surface area contributed by atoms with Crippen molar-refractivity contribution in [2.75, 3.05) is 30.1 Å². The average molecular weight is 454 g/mol. The normalized spacial score (nSPS) is 14.7. The Balaban J connectivity index is 1.58. The van der Waals surface area contributed by atoms with Gasteiger partial charge in [0.15, 0.2) is 15.6 Å². The Morgan fingerprint density at radius 2 is 1.78 bits per heavy atom. The van der Waals surface area contributed by atoms with Gasteiger partial charge < -0.3 is 20.1 Å². The first kappa shape index (κ1) is 22.1. The maximum Gasteiger partial charge on any atom is 0.175 e. The minimum atomic E-state index is -3.25. The minimum absolute atomic E-state index is 0.260. The largest absolute Gasteiger partial charge is 0.455 e. The lowest BCUT2D eigenvalue weighted by Gasteiger charge is -2.25. The third-order valence-electron chi connectivity index (χ3n) is 5.22. The summed E-state index contributed by atoms with van der Waals surface area (Å²) in [5.41, 5.74) is 2.83. The van der Waals surface area contributed by atoms with Gasteiger partial charge in [0.05, 0.1) is 10.6 Å². The van der Waals surface area contributed by atoms with Crippen LogP contribution < -0.4 is 15.4 Å². The first-order valence-corrected chi connectivity index (χ1v) is 12.4. The van der Waals surface area contributed by atoms with E-state index in [1.165, 1.54) is 6.26 Å². The number of hydrogen-bond acceptors (Lipinski definition) is 7. The fourth-order valence-electron chi connectivity index (χ4n) is 3.44. The number of anilines is 3. The van der Waals surface area contributed by atoms with Gasteiger partial charge in [0.25, 0.3) is 0 Å². The molecule has 0 radical (unpaired) electrons. The van der Waals surface area contributed by atoms with E-state index in [1.54, 1.807) is 24.3 Å². The molecule has 0 amide bonds. The molecule has 1 fully saturated rings. The molecule has 2 heterocycles. The monoisotopic (exact) mass is 453 g/mol. The highest BCUT2D eigenvalue weighted by Crippen LogP contribution is 2.34. The highest BCUT2D eigenvalue weighted by molar-refractivity contribution is 7.90. The van der Waals surface area contributed by atoms with Crippen molar-refractivity contribution in [1.29, 1.82) is 0 Å². The molecule has 3 aromatic rings. The molecule has 1 aliphatic heterocycles. The molecule has 32 heavy (non-hydrogen) atoms. The maximum absolute atomic E-state index is 11.7. The Morgan fingerprint density at radius 1 is 1.03 bits per heavy atom. The molecule has 2 aromatic carbocycles. The van der Waals surface area contributed by atoms with E-state index in [0.717, 1.165) is 48.8 Å². The summed E-state index contributed by atoms with van der Waals surface area (Å²) in [4.78, 5) is 4.67.